The van der Waals surface area contributed by atoms with Crippen molar-refractivity contribution >= 4 is 11.9 Å². The quantitative estimate of drug-likeness (QED) is 0.805. The SMILES string of the molecule is CN(CC(=O)NC1CC1)Cc1ccccc1C(=O)O. The van der Waals surface area contributed by atoms with Crippen molar-refractivity contribution in [3.8, 4) is 0 Å². The fourth-order valence-corrected chi connectivity index (χ4v) is 1.96. The van der Waals surface area contributed by atoms with E-state index in [-0.39, 0.29) is 18.0 Å². The number of carbonyl (C=O) groups is 2. The molecule has 1 fully saturated rings. The average Bonchev–Trinajstić information content (AvgIpc) is 3.12. The van der Waals surface area contributed by atoms with Crippen LogP contribution < -0.4 is 5.32 Å². The maximum absolute atomic E-state index is 11.6. The Labute approximate surface area is 112 Å². The van der Waals surface area contributed by atoms with Crippen molar-refractivity contribution in [2.24, 2.45) is 0 Å². The number of likely N-dealkylation sites (N-methyl/N-ethyl adjacent to an activating group) is 1. The Bertz CT molecular complexity index is 483. The number of rotatable bonds is 6. The first kappa shape index (κ1) is 13.5. The number of benzene rings is 1. The number of carboxylic acids is 1. The van der Waals surface area contributed by atoms with E-state index in [2.05, 4.69) is 5.32 Å². The number of carboxylic acid groups (broad SMARTS) is 1. The molecule has 0 heterocycles. The van der Waals surface area contributed by atoms with Crippen molar-refractivity contribution in [2.45, 2.75) is 25.4 Å². The Morgan fingerprint density at radius 3 is 2.68 bits per heavy atom. The molecule has 0 aliphatic heterocycles. The van der Waals surface area contributed by atoms with Gasteiger partial charge in [-0.05, 0) is 31.5 Å². The minimum atomic E-state index is -0.938. The van der Waals surface area contributed by atoms with Gasteiger partial charge >= 0.3 is 5.97 Å². The Kier molecular flexibility index (Phi) is 4.16. The van der Waals surface area contributed by atoms with Gasteiger partial charge in [-0.1, -0.05) is 18.2 Å². The maximum atomic E-state index is 11.6. The van der Waals surface area contributed by atoms with E-state index in [0.29, 0.717) is 12.6 Å². The van der Waals surface area contributed by atoms with Crippen LogP contribution in [0.15, 0.2) is 24.3 Å². The standard InChI is InChI=1S/C14H18N2O3/c1-16(9-13(17)15-11-6-7-11)8-10-4-2-3-5-12(10)14(18)19/h2-5,11H,6-9H2,1H3,(H,15,17)(H,18,19). The molecule has 0 radical (unpaired) electrons. The monoisotopic (exact) mass is 262 g/mol. The molecule has 19 heavy (non-hydrogen) atoms. The molecule has 1 aromatic carbocycles. The lowest BCUT2D eigenvalue weighted by atomic mass is 10.1. The largest absolute Gasteiger partial charge is 0.478 e. The van der Waals surface area contributed by atoms with Gasteiger partial charge < -0.3 is 10.4 Å². The maximum Gasteiger partial charge on any atom is 0.336 e. The van der Waals surface area contributed by atoms with Crippen LogP contribution in [-0.2, 0) is 11.3 Å². The second-order valence-corrected chi connectivity index (χ2v) is 4.98. The number of hydrogen-bond acceptors (Lipinski definition) is 3. The highest BCUT2D eigenvalue weighted by Crippen LogP contribution is 2.18. The van der Waals surface area contributed by atoms with Crippen LogP contribution in [0.1, 0.15) is 28.8 Å². The van der Waals surface area contributed by atoms with Crippen molar-refractivity contribution in [3.63, 3.8) is 0 Å². The van der Waals surface area contributed by atoms with Crippen LogP contribution in [0.4, 0.5) is 0 Å². The number of hydrogen-bond donors (Lipinski definition) is 2. The van der Waals surface area contributed by atoms with Gasteiger partial charge in [-0.3, -0.25) is 9.69 Å². The van der Waals surface area contributed by atoms with Gasteiger partial charge in [0.1, 0.15) is 0 Å². The summed E-state index contributed by atoms with van der Waals surface area (Å²) in [5.41, 5.74) is 1.01. The third kappa shape index (κ3) is 4.06. The Balaban J connectivity index is 1.92. The topological polar surface area (TPSA) is 69.6 Å². The summed E-state index contributed by atoms with van der Waals surface area (Å²) in [4.78, 5) is 24.5. The lowest BCUT2D eigenvalue weighted by Crippen LogP contribution is -2.36. The minimum Gasteiger partial charge on any atom is -0.478 e. The zero-order valence-electron chi connectivity index (χ0n) is 10.9. The molecular formula is C14H18N2O3. The lowest BCUT2D eigenvalue weighted by Gasteiger charge is -2.17. The number of aromatic carboxylic acids is 1. The average molecular weight is 262 g/mol. The van der Waals surface area contributed by atoms with Gasteiger partial charge in [-0.15, -0.1) is 0 Å². The van der Waals surface area contributed by atoms with Crippen molar-refractivity contribution < 1.29 is 14.7 Å². The van der Waals surface area contributed by atoms with E-state index in [1.165, 1.54) is 0 Å². The molecule has 5 nitrogen and oxygen atoms in total. The molecule has 1 saturated carbocycles. The van der Waals surface area contributed by atoms with Crippen molar-refractivity contribution in [1.29, 1.82) is 0 Å². The normalized spacial score (nSPS) is 14.4. The third-order valence-electron chi connectivity index (χ3n) is 3.04. The van der Waals surface area contributed by atoms with E-state index in [4.69, 9.17) is 5.11 Å². The molecule has 1 aromatic rings. The minimum absolute atomic E-state index is 0.00203. The van der Waals surface area contributed by atoms with E-state index in [1.54, 1.807) is 24.3 Å². The molecule has 0 saturated heterocycles. The van der Waals surface area contributed by atoms with Crippen LogP contribution >= 0.6 is 0 Å². The Hall–Kier alpha value is -1.88. The van der Waals surface area contributed by atoms with Gasteiger partial charge in [-0.25, -0.2) is 4.79 Å². The van der Waals surface area contributed by atoms with Crippen LogP contribution in [0.3, 0.4) is 0 Å². The van der Waals surface area contributed by atoms with E-state index in [9.17, 15) is 9.59 Å². The zero-order valence-corrected chi connectivity index (χ0v) is 10.9. The first-order valence-corrected chi connectivity index (χ1v) is 6.35. The molecule has 0 unspecified atom stereocenters. The second-order valence-electron chi connectivity index (χ2n) is 4.98. The molecule has 0 atom stereocenters. The smallest absolute Gasteiger partial charge is 0.336 e. The van der Waals surface area contributed by atoms with Gasteiger partial charge in [0.15, 0.2) is 0 Å². The van der Waals surface area contributed by atoms with Crippen LogP contribution in [0, 0.1) is 0 Å². The summed E-state index contributed by atoms with van der Waals surface area (Å²) in [7, 11) is 1.81. The molecule has 0 aromatic heterocycles. The zero-order chi connectivity index (χ0) is 13.8. The summed E-state index contributed by atoms with van der Waals surface area (Å²) >= 11 is 0. The molecule has 1 amide bonds. The molecule has 1 aliphatic rings. The van der Waals surface area contributed by atoms with Crippen LogP contribution in [0.5, 0.6) is 0 Å². The highest BCUT2D eigenvalue weighted by Gasteiger charge is 2.23. The first-order valence-electron chi connectivity index (χ1n) is 6.35. The van der Waals surface area contributed by atoms with Crippen molar-refractivity contribution in [2.75, 3.05) is 13.6 Å². The van der Waals surface area contributed by atoms with Gasteiger partial charge in [0.2, 0.25) is 5.91 Å². The summed E-state index contributed by atoms with van der Waals surface area (Å²) in [5.74, 6) is -0.941. The molecule has 1 aliphatic carbocycles. The van der Waals surface area contributed by atoms with Crippen LogP contribution in [0.2, 0.25) is 0 Å². The van der Waals surface area contributed by atoms with Gasteiger partial charge in [0, 0.05) is 12.6 Å². The molecule has 0 spiro atoms. The summed E-state index contributed by atoms with van der Waals surface area (Å²) in [6.45, 7) is 0.727. The Morgan fingerprint density at radius 1 is 1.37 bits per heavy atom. The fraction of sp³-hybridized carbons (Fsp3) is 0.429. The summed E-state index contributed by atoms with van der Waals surface area (Å²) in [6.07, 6.45) is 2.13. The molecular weight excluding hydrogens is 244 g/mol. The highest BCUT2D eigenvalue weighted by atomic mass is 16.4. The first-order chi connectivity index (χ1) is 9.06. The summed E-state index contributed by atoms with van der Waals surface area (Å²) in [6, 6.07) is 7.22. The van der Waals surface area contributed by atoms with Crippen molar-refractivity contribution in [1.82, 2.24) is 10.2 Å². The lowest BCUT2D eigenvalue weighted by molar-refractivity contribution is -0.122. The predicted octanol–water partition coefficient (Wildman–Crippen LogP) is 1.10. The third-order valence-corrected chi connectivity index (χ3v) is 3.04. The highest BCUT2D eigenvalue weighted by molar-refractivity contribution is 5.89. The van der Waals surface area contributed by atoms with E-state index >= 15 is 0 Å². The molecule has 102 valence electrons. The van der Waals surface area contributed by atoms with Crippen molar-refractivity contribution in [3.05, 3.63) is 35.4 Å². The fourth-order valence-electron chi connectivity index (χ4n) is 1.96. The van der Waals surface area contributed by atoms with Gasteiger partial charge in [-0.2, -0.15) is 0 Å². The Morgan fingerprint density at radius 2 is 2.05 bits per heavy atom. The van der Waals surface area contributed by atoms with Gasteiger partial charge in [0.05, 0.1) is 12.1 Å². The molecule has 5 heteroatoms. The van der Waals surface area contributed by atoms with E-state index in [1.807, 2.05) is 11.9 Å². The predicted molar refractivity (Wildman–Crippen MR) is 70.9 cm³/mol. The number of nitrogens with one attached hydrogen (secondary N) is 1. The number of carbonyl (C=O) groups excluding carboxylic acids is 1. The van der Waals surface area contributed by atoms with E-state index < -0.39 is 5.97 Å². The number of nitrogens with zero attached hydrogens (tertiary/aromatic N) is 1. The van der Waals surface area contributed by atoms with Gasteiger partial charge in [0.25, 0.3) is 0 Å². The summed E-state index contributed by atoms with van der Waals surface area (Å²) < 4.78 is 0. The van der Waals surface area contributed by atoms with E-state index in [0.717, 1.165) is 18.4 Å². The molecule has 0 bridgehead atoms. The molecule has 2 rings (SSSR count). The van der Waals surface area contributed by atoms with Crippen LogP contribution in [0.25, 0.3) is 0 Å². The molecule has 2 N–H and O–H groups in total. The summed E-state index contributed by atoms with van der Waals surface area (Å²) in [5, 5.41) is 12.0. The second kappa shape index (κ2) is 5.84. The van der Waals surface area contributed by atoms with Crippen LogP contribution in [-0.4, -0.2) is 41.5 Å². The number of amides is 1.